The van der Waals surface area contributed by atoms with E-state index in [0.717, 1.165) is 68.7 Å². The van der Waals surface area contributed by atoms with Crippen LogP contribution in [0.2, 0.25) is 0 Å². The Kier molecular flexibility index (Phi) is 7.76. The number of pyridine rings is 1. The van der Waals surface area contributed by atoms with Crippen molar-refractivity contribution < 1.29 is 14.6 Å². The number of likely N-dealkylation sites (tertiary alicyclic amines) is 1. The number of nitrogens with zero attached hydrogens (tertiary/aromatic N) is 2. The zero-order chi connectivity index (χ0) is 22.3. The molecule has 3 heterocycles. The minimum Gasteiger partial charge on any atom is -0.480 e. The molecule has 0 spiro atoms. The summed E-state index contributed by atoms with van der Waals surface area (Å²) in [5, 5.41) is 13.3. The highest BCUT2D eigenvalue weighted by Gasteiger charge is 2.34. The summed E-state index contributed by atoms with van der Waals surface area (Å²) in [6, 6.07) is 11.7. The van der Waals surface area contributed by atoms with Crippen molar-refractivity contribution in [3.8, 4) is 0 Å². The van der Waals surface area contributed by atoms with Crippen LogP contribution in [0.4, 0.5) is 5.82 Å². The standard InChI is InChI=1S/C26H35N3O3/c1-2-19-7-5-8-21(17-19)24(26(30)31)29-15-13-23(18-29)32-16-4-3-10-22-12-11-20-9-6-14-27-25(20)28-22/h5,7-8,11-12,17,23-24H,2-4,6,9-10,13-16,18H2,1H3,(H,27,28)(H,30,31)/t23-,24-/m1/s1. The molecule has 0 unspecified atom stereocenters. The van der Waals surface area contributed by atoms with Gasteiger partial charge in [-0.1, -0.05) is 37.3 Å². The third-order valence-electron chi connectivity index (χ3n) is 6.58. The van der Waals surface area contributed by atoms with Gasteiger partial charge in [-0.15, -0.1) is 0 Å². The number of anilines is 1. The number of carbonyl (C=O) groups is 1. The minimum atomic E-state index is -0.786. The molecule has 0 aliphatic carbocycles. The van der Waals surface area contributed by atoms with Crippen LogP contribution in [-0.4, -0.2) is 53.3 Å². The van der Waals surface area contributed by atoms with Gasteiger partial charge in [0.2, 0.25) is 0 Å². The zero-order valence-corrected chi connectivity index (χ0v) is 19.1. The van der Waals surface area contributed by atoms with Crippen LogP contribution in [0, 0.1) is 0 Å². The molecular formula is C26H35N3O3. The van der Waals surface area contributed by atoms with Gasteiger partial charge in [0.1, 0.15) is 11.9 Å². The molecule has 172 valence electrons. The Balaban J connectivity index is 1.21. The third kappa shape index (κ3) is 5.67. The molecule has 6 heteroatoms. The molecule has 0 bridgehead atoms. The molecule has 6 nitrogen and oxygen atoms in total. The van der Waals surface area contributed by atoms with E-state index in [1.807, 2.05) is 23.1 Å². The van der Waals surface area contributed by atoms with Crippen LogP contribution in [0.25, 0.3) is 0 Å². The predicted octanol–water partition coefficient (Wildman–Crippen LogP) is 4.24. The number of ether oxygens (including phenoxy) is 1. The fourth-order valence-corrected chi connectivity index (χ4v) is 4.78. The first-order valence-corrected chi connectivity index (χ1v) is 12.0. The van der Waals surface area contributed by atoms with Crippen molar-refractivity contribution in [1.82, 2.24) is 9.88 Å². The lowest BCUT2D eigenvalue weighted by atomic mass is 10.0. The SMILES string of the molecule is CCc1cccc([C@H](C(=O)O)N2CC[C@@H](OCCCCc3ccc4c(n3)NCCC4)C2)c1. The molecule has 1 saturated heterocycles. The molecule has 2 atom stereocenters. The van der Waals surface area contributed by atoms with Gasteiger partial charge < -0.3 is 15.2 Å². The van der Waals surface area contributed by atoms with E-state index in [2.05, 4.69) is 30.4 Å². The monoisotopic (exact) mass is 437 g/mol. The summed E-state index contributed by atoms with van der Waals surface area (Å²) < 4.78 is 6.11. The highest BCUT2D eigenvalue weighted by atomic mass is 16.5. The summed E-state index contributed by atoms with van der Waals surface area (Å²) >= 11 is 0. The van der Waals surface area contributed by atoms with Gasteiger partial charge in [-0.3, -0.25) is 9.69 Å². The highest BCUT2D eigenvalue weighted by molar-refractivity contribution is 5.75. The number of nitrogens with one attached hydrogen (secondary N) is 1. The van der Waals surface area contributed by atoms with Gasteiger partial charge in [0, 0.05) is 31.9 Å². The number of unbranched alkanes of at least 4 members (excludes halogenated alkanes) is 1. The molecule has 2 aromatic rings. The van der Waals surface area contributed by atoms with Crippen molar-refractivity contribution in [2.45, 2.75) is 64.0 Å². The topological polar surface area (TPSA) is 74.7 Å². The Labute approximate surface area is 191 Å². The van der Waals surface area contributed by atoms with E-state index in [1.54, 1.807) is 0 Å². The molecule has 0 saturated carbocycles. The van der Waals surface area contributed by atoms with Gasteiger partial charge in [0.05, 0.1) is 6.10 Å². The van der Waals surface area contributed by atoms with E-state index in [4.69, 9.17) is 9.72 Å². The fourth-order valence-electron chi connectivity index (χ4n) is 4.78. The number of aryl methyl sites for hydroxylation is 3. The minimum absolute atomic E-state index is 0.109. The van der Waals surface area contributed by atoms with E-state index < -0.39 is 12.0 Å². The summed E-state index contributed by atoms with van der Waals surface area (Å²) in [4.78, 5) is 18.8. The van der Waals surface area contributed by atoms with Crippen molar-refractivity contribution in [3.63, 3.8) is 0 Å². The third-order valence-corrected chi connectivity index (χ3v) is 6.58. The first-order valence-electron chi connectivity index (χ1n) is 12.0. The highest BCUT2D eigenvalue weighted by Crippen LogP contribution is 2.27. The van der Waals surface area contributed by atoms with Gasteiger partial charge in [0.25, 0.3) is 0 Å². The van der Waals surface area contributed by atoms with E-state index in [1.165, 1.54) is 17.5 Å². The zero-order valence-electron chi connectivity index (χ0n) is 19.1. The fraction of sp³-hybridized carbons (Fsp3) is 0.538. The van der Waals surface area contributed by atoms with E-state index in [9.17, 15) is 9.90 Å². The largest absolute Gasteiger partial charge is 0.480 e. The summed E-state index contributed by atoms with van der Waals surface area (Å²) in [7, 11) is 0. The summed E-state index contributed by atoms with van der Waals surface area (Å²) in [6.07, 6.45) is 7.20. The van der Waals surface area contributed by atoms with E-state index in [-0.39, 0.29) is 6.10 Å². The number of benzene rings is 1. The van der Waals surface area contributed by atoms with Gasteiger partial charge in [-0.2, -0.15) is 0 Å². The van der Waals surface area contributed by atoms with Gasteiger partial charge in [-0.25, -0.2) is 4.98 Å². The maximum atomic E-state index is 12.0. The molecule has 32 heavy (non-hydrogen) atoms. The molecule has 1 fully saturated rings. The van der Waals surface area contributed by atoms with Crippen LogP contribution < -0.4 is 5.32 Å². The number of aliphatic carboxylic acids is 1. The van der Waals surface area contributed by atoms with Crippen molar-refractivity contribution in [1.29, 1.82) is 0 Å². The number of rotatable bonds is 10. The van der Waals surface area contributed by atoms with Crippen LogP contribution >= 0.6 is 0 Å². The molecular weight excluding hydrogens is 402 g/mol. The van der Waals surface area contributed by atoms with Crippen molar-refractivity contribution in [2.24, 2.45) is 0 Å². The number of hydrogen-bond donors (Lipinski definition) is 2. The van der Waals surface area contributed by atoms with Gasteiger partial charge >= 0.3 is 5.97 Å². The van der Waals surface area contributed by atoms with Crippen LogP contribution in [0.15, 0.2) is 36.4 Å². The number of carboxylic acids is 1. The first-order chi connectivity index (χ1) is 15.6. The van der Waals surface area contributed by atoms with Crippen molar-refractivity contribution in [3.05, 3.63) is 58.8 Å². The maximum Gasteiger partial charge on any atom is 0.325 e. The quantitative estimate of drug-likeness (QED) is 0.542. The second-order valence-corrected chi connectivity index (χ2v) is 8.91. The number of carboxylic acid groups (broad SMARTS) is 1. The van der Waals surface area contributed by atoms with Crippen LogP contribution in [0.1, 0.15) is 61.0 Å². The number of aromatic nitrogens is 1. The smallest absolute Gasteiger partial charge is 0.325 e. The lowest BCUT2D eigenvalue weighted by Gasteiger charge is -2.25. The summed E-state index contributed by atoms with van der Waals surface area (Å²) in [6.45, 7) is 5.25. The first kappa shape index (κ1) is 22.7. The molecule has 0 radical (unpaired) electrons. The lowest BCUT2D eigenvalue weighted by Crippen LogP contribution is -2.33. The number of hydrogen-bond acceptors (Lipinski definition) is 5. The molecule has 4 rings (SSSR count). The molecule has 1 aromatic heterocycles. The average molecular weight is 438 g/mol. The molecule has 2 aliphatic rings. The van der Waals surface area contributed by atoms with E-state index >= 15 is 0 Å². The molecule has 0 amide bonds. The average Bonchev–Trinajstić information content (AvgIpc) is 3.27. The Morgan fingerprint density at radius 2 is 2.22 bits per heavy atom. The lowest BCUT2D eigenvalue weighted by molar-refractivity contribution is -0.143. The van der Waals surface area contributed by atoms with E-state index in [0.29, 0.717) is 13.2 Å². The summed E-state index contributed by atoms with van der Waals surface area (Å²) in [5.74, 6) is 0.277. The predicted molar refractivity (Wildman–Crippen MR) is 126 cm³/mol. The Morgan fingerprint density at radius 1 is 1.31 bits per heavy atom. The Bertz CT molecular complexity index is 917. The van der Waals surface area contributed by atoms with Crippen molar-refractivity contribution in [2.75, 3.05) is 31.6 Å². The normalized spacial score (nSPS) is 19.3. The summed E-state index contributed by atoms with van der Waals surface area (Å²) in [5.41, 5.74) is 4.51. The number of fused-ring (bicyclic) bond motifs is 1. The maximum absolute atomic E-state index is 12.0. The Hall–Kier alpha value is -2.44. The molecule has 1 aromatic carbocycles. The van der Waals surface area contributed by atoms with Crippen LogP contribution in [0.5, 0.6) is 0 Å². The van der Waals surface area contributed by atoms with Crippen LogP contribution in [0.3, 0.4) is 0 Å². The molecule has 2 aliphatic heterocycles. The molecule has 2 N–H and O–H groups in total. The van der Waals surface area contributed by atoms with Crippen molar-refractivity contribution >= 4 is 11.8 Å². The van der Waals surface area contributed by atoms with Gasteiger partial charge in [-0.05, 0) is 67.7 Å². The Morgan fingerprint density at radius 3 is 3.06 bits per heavy atom. The second-order valence-electron chi connectivity index (χ2n) is 8.91. The van der Waals surface area contributed by atoms with Crippen LogP contribution in [-0.2, 0) is 28.8 Å². The van der Waals surface area contributed by atoms with Gasteiger partial charge in [0.15, 0.2) is 0 Å². The second kappa shape index (κ2) is 10.9.